The van der Waals surface area contributed by atoms with Gasteiger partial charge in [0, 0.05) is 12.1 Å². The van der Waals surface area contributed by atoms with E-state index in [1.807, 2.05) is 13.0 Å². The highest BCUT2D eigenvalue weighted by Gasteiger charge is 2.21. The minimum atomic E-state index is -0.271. The van der Waals surface area contributed by atoms with E-state index in [-0.39, 0.29) is 11.4 Å². The van der Waals surface area contributed by atoms with Crippen molar-refractivity contribution in [3.05, 3.63) is 35.6 Å². The van der Waals surface area contributed by atoms with Crippen molar-refractivity contribution in [2.24, 2.45) is 5.73 Å². The van der Waals surface area contributed by atoms with Crippen molar-refractivity contribution >= 4 is 0 Å². The first-order valence-corrected chi connectivity index (χ1v) is 7.20. The molecule has 1 aromatic carbocycles. The van der Waals surface area contributed by atoms with Crippen molar-refractivity contribution in [2.45, 2.75) is 57.1 Å². The van der Waals surface area contributed by atoms with E-state index in [9.17, 15) is 4.39 Å². The van der Waals surface area contributed by atoms with Crippen LogP contribution in [0.3, 0.4) is 0 Å². The second-order valence-electron chi connectivity index (χ2n) is 5.99. The monoisotopic (exact) mass is 265 g/mol. The van der Waals surface area contributed by atoms with Gasteiger partial charge in [0.25, 0.3) is 0 Å². The molecular formula is C16H24FNO. The van der Waals surface area contributed by atoms with Gasteiger partial charge in [-0.15, -0.1) is 0 Å². The lowest BCUT2D eigenvalue weighted by Gasteiger charge is -2.25. The highest BCUT2D eigenvalue weighted by Crippen LogP contribution is 2.22. The van der Waals surface area contributed by atoms with Gasteiger partial charge in [0.2, 0.25) is 0 Å². The van der Waals surface area contributed by atoms with E-state index in [0.29, 0.717) is 6.10 Å². The predicted octanol–water partition coefficient (Wildman–Crippen LogP) is 3.43. The van der Waals surface area contributed by atoms with Gasteiger partial charge in [-0.25, -0.2) is 4.39 Å². The van der Waals surface area contributed by atoms with Crippen molar-refractivity contribution in [1.29, 1.82) is 0 Å². The first-order chi connectivity index (χ1) is 9.05. The van der Waals surface area contributed by atoms with Gasteiger partial charge in [0.05, 0.1) is 6.10 Å². The lowest BCUT2D eigenvalue weighted by Crippen LogP contribution is -2.38. The molecule has 1 aromatic rings. The number of hydrogen-bond donors (Lipinski definition) is 1. The summed E-state index contributed by atoms with van der Waals surface area (Å²) in [5, 5.41) is 0. The van der Waals surface area contributed by atoms with Gasteiger partial charge in [-0.2, -0.15) is 0 Å². The first-order valence-electron chi connectivity index (χ1n) is 7.20. The van der Waals surface area contributed by atoms with Crippen LogP contribution >= 0.6 is 0 Å². The van der Waals surface area contributed by atoms with Gasteiger partial charge in [-0.05, 0) is 63.1 Å². The zero-order valence-electron chi connectivity index (χ0n) is 11.7. The lowest BCUT2D eigenvalue weighted by molar-refractivity contribution is 0.100. The van der Waals surface area contributed by atoms with Gasteiger partial charge in [0.1, 0.15) is 5.82 Å². The summed E-state index contributed by atoms with van der Waals surface area (Å²) in [7, 11) is 0. The Morgan fingerprint density at radius 2 is 2.32 bits per heavy atom. The second-order valence-corrected chi connectivity index (χ2v) is 5.99. The normalized spacial score (nSPS) is 22.4. The van der Waals surface area contributed by atoms with Crippen LogP contribution in [0.5, 0.6) is 0 Å². The number of benzene rings is 1. The maximum absolute atomic E-state index is 13.1. The summed E-state index contributed by atoms with van der Waals surface area (Å²) in [6.45, 7) is 2.96. The van der Waals surface area contributed by atoms with Crippen LogP contribution < -0.4 is 5.73 Å². The third-order valence-corrected chi connectivity index (χ3v) is 3.79. The fourth-order valence-electron chi connectivity index (χ4n) is 2.81. The largest absolute Gasteiger partial charge is 0.378 e. The Balaban J connectivity index is 1.77. The first kappa shape index (κ1) is 14.5. The quantitative estimate of drug-likeness (QED) is 0.855. The lowest BCUT2D eigenvalue weighted by atomic mass is 9.88. The number of halogens is 1. The van der Waals surface area contributed by atoms with Gasteiger partial charge in [-0.3, -0.25) is 0 Å². The molecule has 3 heteroatoms. The summed E-state index contributed by atoms with van der Waals surface area (Å²) in [5.74, 6) is -0.187. The van der Waals surface area contributed by atoms with E-state index in [0.717, 1.165) is 37.9 Å². The molecule has 2 rings (SSSR count). The summed E-state index contributed by atoms with van der Waals surface area (Å²) >= 11 is 0. The Labute approximate surface area is 115 Å². The van der Waals surface area contributed by atoms with Gasteiger partial charge >= 0.3 is 0 Å². The molecule has 0 radical (unpaired) electrons. The third-order valence-electron chi connectivity index (χ3n) is 3.79. The topological polar surface area (TPSA) is 35.2 Å². The molecule has 19 heavy (non-hydrogen) atoms. The molecule has 1 aliphatic rings. The van der Waals surface area contributed by atoms with Crippen molar-refractivity contribution < 1.29 is 9.13 Å². The molecule has 0 bridgehead atoms. The molecule has 1 aliphatic heterocycles. The molecule has 106 valence electrons. The highest BCUT2D eigenvalue weighted by molar-refractivity contribution is 5.18. The average Bonchev–Trinajstić information content (AvgIpc) is 2.81. The standard InChI is InChI=1S/C16H24FNO/c1-16(18,9-3-7-15-8-4-10-19-15)12-13-5-2-6-14(17)11-13/h2,5-6,11,15H,3-4,7-10,12,18H2,1H3. The molecule has 1 heterocycles. The van der Waals surface area contributed by atoms with Crippen LogP contribution in [0.1, 0.15) is 44.6 Å². The van der Waals surface area contributed by atoms with E-state index in [1.165, 1.54) is 18.9 Å². The fraction of sp³-hybridized carbons (Fsp3) is 0.625. The average molecular weight is 265 g/mol. The van der Waals surface area contributed by atoms with E-state index in [1.54, 1.807) is 12.1 Å². The van der Waals surface area contributed by atoms with E-state index >= 15 is 0 Å². The third kappa shape index (κ3) is 4.92. The van der Waals surface area contributed by atoms with Crippen LogP contribution in [0, 0.1) is 5.82 Å². The van der Waals surface area contributed by atoms with Gasteiger partial charge < -0.3 is 10.5 Å². The van der Waals surface area contributed by atoms with Crippen LogP contribution in [-0.2, 0) is 11.2 Å². The predicted molar refractivity (Wildman–Crippen MR) is 75.5 cm³/mol. The number of nitrogens with two attached hydrogens (primary N) is 1. The molecule has 2 unspecified atom stereocenters. The van der Waals surface area contributed by atoms with E-state index in [4.69, 9.17) is 10.5 Å². The molecule has 1 fully saturated rings. The maximum atomic E-state index is 13.1. The smallest absolute Gasteiger partial charge is 0.123 e. The molecule has 2 N–H and O–H groups in total. The summed E-state index contributed by atoms with van der Waals surface area (Å²) in [6, 6.07) is 6.72. The Bertz CT molecular complexity index is 399. The minimum absolute atomic E-state index is 0.187. The maximum Gasteiger partial charge on any atom is 0.123 e. The van der Waals surface area contributed by atoms with E-state index in [2.05, 4.69) is 0 Å². The summed E-state index contributed by atoms with van der Waals surface area (Å²) < 4.78 is 18.8. The van der Waals surface area contributed by atoms with Gasteiger partial charge in [-0.1, -0.05) is 12.1 Å². The Kier molecular flexibility index (Phi) is 4.94. The van der Waals surface area contributed by atoms with Crippen molar-refractivity contribution in [3.63, 3.8) is 0 Å². The zero-order valence-corrected chi connectivity index (χ0v) is 11.7. The van der Waals surface area contributed by atoms with Crippen molar-refractivity contribution in [1.82, 2.24) is 0 Å². The minimum Gasteiger partial charge on any atom is -0.378 e. The Morgan fingerprint density at radius 3 is 3.00 bits per heavy atom. The van der Waals surface area contributed by atoms with Crippen LogP contribution in [0.15, 0.2) is 24.3 Å². The molecule has 2 nitrogen and oxygen atoms in total. The van der Waals surface area contributed by atoms with Crippen LogP contribution in [0.2, 0.25) is 0 Å². The Hall–Kier alpha value is -0.930. The zero-order chi connectivity index (χ0) is 13.7. The number of hydrogen-bond acceptors (Lipinski definition) is 2. The summed E-state index contributed by atoms with van der Waals surface area (Å²) in [5.41, 5.74) is 7.02. The Morgan fingerprint density at radius 1 is 1.47 bits per heavy atom. The van der Waals surface area contributed by atoms with Crippen LogP contribution in [0.4, 0.5) is 4.39 Å². The van der Waals surface area contributed by atoms with Crippen LogP contribution in [0.25, 0.3) is 0 Å². The summed E-state index contributed by atoms with van der Waals surface area (Å²) in [6.07, 6.45) is 6.65. The number of rotatable bonds is 6. The van der Waals surface area contributed by atoms with Crippen molar-refractivity contribution in [3.8, 4) is 0 Å². The molecule has 1 saturated heterocycles. The molecule has 0 spiro atoms. The number of ether oxygens (including phenoxy) is 1. The molecule has 0 saturated carbocycles. The summed E-state index contributed by atoms with van der Waals surface area (Å²) in [4.78, 5) is 0. The van der Waals surface area contributed by atoms with Crippen LogP contribution in [-0.4, -0.2) is 18.2 Å². The SMILES string of the molecule is CC(N)(CCCC1CCCO1)Cc1cccc(F)c1. The molecule has 2 atom stereocenters. The van der Waals surface area contributed by atoms with E-state index < -0.39 is 0 Å². The fourth-order valence-corrected chi connectivity index (χ4v) is 2.81. The molecular weight excluding hydrogens is 241 g/mol. The molecule has 0 aliphatic carbocycles. The highest BCUT2D eigenvalue weighted by atomic mass is 19.1. The second kappa shape index (κ2) is 6.49. The van der Waals surface area contributed by atoms with Gasteiger partial charge in [0.15, 0.2) is 0 Å². The molecule has 0 amide bonds. The van der Waals surface area contributed by atoms with Crippen molar-refractivity contribution in [2.75, 3.05) is 6.61 Å². The molecule has 0 aromatic heterocycles.